The summed E-state index contributed by atoms with van der Waals surface area (Å²) < 4.78 is 0. The van der Waals surface area contributed by atoms with Crippen molar-refractivity contribution in [1.82, 2.24) is 10.2 Å². The summed E-state index contributed by atoms with van der Waals surface area (Å²) >= 11 is 0. The van der Waals surface area contributed by atoms with Crippen LogP contribution < -0.4 is 11.1 Å². The Labute approximate surface area is 101 Å². The fourth-order valence-electron chi connectivity index (χ4n) is 2.61. The molecule has 1 rings (SSSR count). The van der Waals surface area contributed by atoms with Crippen LogP contribution in [0.5, 0.6) is 0 Å². The van der Waals surface area contributed by atoms with Gasteiger partial charge in [0.1, 0.15) is 0 Å². The number of hydrogen-bond acceptors (Lipinski definition) is 3. The van der Waals surface area contributed by atoms with Gasteiger partial charge < -0.3 is 16.0 Å². The molecule has 0 bridgehead atoms. The maximum Gasteiger partial charge on any atom is 0.0110 e. The lowest BCUT2D eigenvalue weighted by Crippen LogP contribution is -2.46. The van der Waals surface area contributed by atoms with Gasteiger partial charge in [0, 0.05) is 12.1 Å². The van der Waals surface area contributed by atoms with Crippen LogP contribution in [0.4, 0.5) is 0 Å². The lowest BCUT2D eigenvalue weighted by Gasteiger charge is -2.34. The van der Waals surface area contributed by atoms with Crippen molar-refractivity contribution in [3.63, 3.8) is 0 Å². The minimum atomic E-state index is 0.611. The molecule has 0 radical (unpaired) electrons. The van der Waals surface area contributed by atoms with Crippen LogP contribution in [0.1, 0.15) is 39.0 Å². The molecule has 0 aliphatic heterocycles. The van der Waals surface area contributed by atoms with Gasteiger partial charge in [0.25, 0.3) is 0 Å². The molecule has 1 aliphatic rings. The molecule has 0 amide bonds. The van der Waals surface area contributed by atoms with E-state index in [1.165, 1.54) is 32.1 Å². The van der Waals surface area contributed by atoms with Gasteiger partial charge in [-0.25, -0.2) is 0 Å². The van der Waals surface area contributed by atoms with E-state index in [1.54, 1.807) is 0 Å². The summed E-state index contributed by atoms with van der Waals surface area (Å²) in [5.41, 5.74) is 5.84. The molecule has 3 atom stereocenters. The maximum atomic E-state index is 5.84. The molecule has 96 valence electrons. The van der Waals surface area contributed by atoms with Crippen molar-refractivity contribution in [2.75, 3.05) is 27.2 Å². The Morgan fingerprint density at radius 1 is 1.31 bits per heavy atom. The standard InChI is InChI=1S/C13H29N3/c1-11(8-9-16(2)3)15-13-7-5-4-6-12(13)10-14/h11-13,15H,4-10,14H2,1-3H3. The Morgan fingerprint density at radius 2 is 2.00 bits per heavy atom. The molecule has 0 heterocycles. The zero-order valence-corrected chi connectivity index (χ0v) is 11.2. The highest BCUT2D eigenvalue weighted by Crippen LogP contribution is 2.24. The van der Waals surface area contributed by atoms with Gasteiger partial charge >= 0.3 is 0 Å². The average Bonchev–Trinajstić information content (AvgIpc) is 2.27. The molecule has 0 aromatic carbocycles. The zero-order chi connectivity index (χ0) is 12.0. The summed E-state index contributed by atoms with van der Waals surface area (Å²) in [6.07, 6.45) is 6.59. The van der Waals surface area contributed by atoms with Crippen molar-refractivity contribution in [2.24, 2.45) is 11.7 Å². The van der Waals surface area contributed by atoms with Crippen LogP contribution in [0.25, 0.3) is 0 Å². The Morgan fingerprint density at radius 3 is 2.62 bits per heavy atom. The molecule has 0 saturated heterocycles. The number of hydrogen-bond donors (Lipinski definition) is 2. The first-order valence-corrected chi connectivity index (χ1v) is 6.74. The van der Waals surface area contributed by atoms with E-state index in [0.717, 1.165) is 13.1 Å². The highest BCUT2D eigenvalue weighted by atomic mass is 15.1. The van der Waals surface area contributed by atoms with E-state index in [-0.39, 0.29) is 0 Å². The van der Waals surface area contributed by atoms with E-state index in [1.807, 2.05) is 0 Å². The minimum absolute atomic E-state index is 0.611. The van der Waals surface area contributed by atoms with E-state index >= 15 is 0 Å². The molecule has 1 aliphatic carbocycles. The highest BCUT2D eigenvalue weighted by molar-refractivity contribution is 4.83. The predicted molar refractivity (Wildman–Crippen MR) is 70.6 cm³/mol. The first-order valence-electron chi connectivity index (χ1n) is 6.74. The molecule has 0 aromatic heterocycles. The van der Waals surface area contributed by atoms with Gasteiger partial charge in [0.15, 0.2) is 0 Å². The molecule has 0 spiro atoms. The first kappa shape index (κ1) is 13.9. The molecule has 1 fully saturated rings. The zero-order valence-electron chi connectivity index (χ0n) is 11.2. The summed E-state index contributed by atoms with van der Waals surface area (Å²) in [6.45, 7) is 4.30. The fraction of sp³-hybridized carbons (Fsp3) is 1.00. The molecule has 3 heteroatoms. The Bertz CT molecular complexity index is 182. The topological polar surface area (TPSA) is 41.3 Å². The van der Waals surface area contributed by atoms with E-state index in [4.69, 9.17) is 5.73 Å². The second-order valence-electron chi connectivity index (χ2n) is 5.55. The summed E-state index contributed by atoms with van der Waals surface area (Å²) in [6, 6.07) is 1.27. The van der Waals surface area contributed by atoms with Gasteiger partial charge in [0.05, 0.1) is 0 Å². The Balaban J connectivity index is 2.27. The third-order valence-corrected chi connectivity index (χ3v) is 3.72. The molecule has 3 unspecified atom stereocenters. The predicted octanol–water partition coefficient (Wildman–Crippen LogP) is 1.43. The summed E-state index contributed by atoms with van der Waals surface area (Å²) in [5.74, 6) is 0.704. The van der Waals surface area contributed by atoms with Crippen molar-refractivity contribution in [3.05, 3.63) is 0 Å². The Hall–Kier alpha value is -0.120. The molecule has 3 N–H and O–H groups in total. The minimum Gasteiger partial charge on any atom is -0.330 e. The van der Waals surface area contributed by atoms with E-state index in [0.29, 0.717) is 18.0 Å². The van der Waals surface area contributed by atoms with E-state index in [9.17, 15) is 0 Å². The van der Waals surface area contributed by atoms with Crippen LogP contribution in [0.15, 0.2) is 0 Å². The number of nitrogens with zero attached hydrogens (tertiary/aromatic N) is 1. The van der Waals surface area contributed by atoms with Crippen molar-refractivity contribution in [2.45, 2.75) is 51.1 Å². The number of rotatable bonds is 6. The number of nitrogens with one attached hydrogen (secondary N) is 1. The molecular formula is C13H29N3. The van der Waals surface area contributed by atoms with Gasteiger partial charge in [-0.1, -0.05) is 12.8 Å². The van der Waals surface area contributed by atoms with Crippen LogP contribution in [-0.4, -0.2) is 44.2 Å². The SMILES string of the molecule is CC(CCN(C)C)NC1CCCCC1CN. The smallest absolute Gasteiger partial charge is 0.0110 e. The van der Waals surface area contributed by atoms with Gasteiger partial charge in [-0.3, -0.25) is 0 Å². The lowest BCUT2D eigenvalue weighted by molar-refractivity contribution is 0.241. The van der Waals surface area contributed by atoms with Crippen LogP contribution in [0.2, 0.25) is 0 Å². The first-order chi connectivity index (χ1) is 7.63. The van der Waals surface area contributed by atoms with Crippen molar-refractivity contribution in [1.29, 1.82) is 0 Å². The largest absolute Gasteiger partial charge is 0.330 e. The van der Waals surface area contributed by atoms with Gasteiger partial charge in [-0.05, 0) is 59.3 Å². The maximum absolute atomic E-state index is 5.84. The quantitative estimate of drug-likeness (QED) is 0.721. The third kappa shape index (κ3) is 4.81. The van der Waals surface area contributed by atoms with Crippen molar-refractivity contribution >= 4 is 0 Å². The van der Waals surface area contributed by atoms with E-state index in [2.05, 4.69) is 31.2 Å². The molecule has 3 nitrogen and oxygen atoms in total. The summed E-state index contributed by atoms with van der Waals surface area (Å²) in [7, 11) is 4.27. The van der Waals surface area contributed by atoms with Crippen molar-refractivity contribution < 1.29 is 0 Å². The normalized spacial score (nSPS) is 28.3. The van der Waals surface area contributed by atoms with Crippen LogP contribution in [0.3, 0.4) is 0 Å². The monoisotopic (exact) mass is 227 g/mol. The Kier molecular flexibility index (Phi) is 6.32. The summed E-state index contributed by atoms with van der Waals surface area (Å²) in [5, 5.41) is 3.77. The van der Waals surface area contributed by atoms with Gasteiger partial charge in [-0.2, -0.15) is 0 Å². The third-order valence-electron chi connectivity index (χ3n) is 3.72. The molecule has 16 heavy (non-hydrogen) atoms. The van der Waals surface area contributed by atoms with Crippen LogP contribution >= 0.6 is 0 Å². The average molecular weight is 227 g/mol. The van der Waals surface area contributed by atoms with Crippen LogP contribution in [0, 0.1) is 5.92 Å². The lowest BCUT2D eigenvalue weighted by atomic mass is 9.84. The second kappa shape index (κ2) is 7.25. The van der Waals surface area contributed by atoms with Gasteiger partial charge in [0.2, 0.25) is 0 Å². The molecule has 0 aromatic rings. The molecular weight excluding hydrogens is 198 g/mol. The second-order valence-corrected chi connectivity index (χ2v) is 5.55. The van der Waals surface area contributed by atoms with E-state index < -0.39 is 0 Å². The van der Waals surface area contributed by atoms with Gasteiger partial charge in [-0.15, -0.1) is 0 Å². The summed E-state index contributed by atoms with van der Waals surface area (Å²) in [4.78, 5) is 2.25. The highest BCUT2D eigenvalue weighted by Gasteiger charge is 2.24. The number of nitrogens with two attached hydrogens (primary N) is 1. The fourth-order valence-corrected chi connectivity index (χ4v) is 2.61. The van der Waals surface area contributed by atoms with Crippen LogP contribution in [-0.2, 0) is 0 Å². The molecule has 1 saturated carbocycles. The van der Waals surface area contributed by atoms with Crippen molar-refractivity contribution in [3.8, 4) is 0 Å².